The highest BCUT2D eigenvalue weighted by atomic mass is 16.5. The molecule has 1 fully saturated rings. The molecule has 0 saturated carbocycles. The van der Waals surface area contributed by atoms with Crippen molar-refractivity contribution in [3.05, 3.63) is 17.8 Å². The Kier molecular flexibility index (Phi) is 3.29. The minimum Gasteiger partial charge on any atom is -0.396 e. The first-order chi connectivity index (χ1) is 7.68. The van der Waals surface area contributed by atoms with E-state index in [1.807, 2.05) is 13.0 Å². The Morgan fingerprint density at radius 1 is 1.62 bits per heavy atom. The van der Waals surface area contributed by atoms with Gasteiger partial charge in [0.2, 0.25) is 0 Å². The van der Waals surface area contributed by atoms with Crippen molar-refractivity contribution >= 4 is 11.5 Å². The fraction of sp³-hybridized carbons (Fsp3) is 0.583. The summed E-state index contributed by atoms with van der Waals surface area (Å²) in [7, 11) is 0. The maximum atomic E-state index is 5.95. The van der Waals surface area contributed by atoms with E-state index in [4.69, 9.17) is 10.5 Å². The van der Waals surface area contributed by atoms with Gasteiger partial charge in [0.15, 0.2) is 0 Å². The Balaban J connectivity index is 1.96. The van der Waals surface area contributed by atoms with Crippen molar-refractivity contribution in [3.63, 3.8) is 0 Å². The Bertz CT molecular complexity index is 367. The van der Waals surface area contributed by atoms with Crippen LogP contribution in [-0.2, 0) is 4.74 Å². The molecule has 2 atom stereocenters. The van der Waals surface area contributed by atoms with Crippen LogP contribution in [0, 0.1) is 12.8 Å². The number of nitrogen functional groups attached to an aromatic ring is 1. The van der Waals surface area contributed by atoms with E-state index in [1.54, 1.807) is 6.20 Å². The van der Waals surface area contributed by atoms with Gasteiger partial charge in [-0.15, -0.1) is 0 Å². The van der Waals surface area contributed by atoms with Crippen LogP contribution in [0.4, 0.5) is 11.5 Å². The molecule has 1 aliphatic rings. The Hall–Kier alpha value is -1.29. The number of nitrogens with one attached hydrogen (secondary N) is 1. The minimum atomic E-state index is 0.332. The van der Waals surface area contributed by atoms with Crippen LogP contribution in [0.3, 0.4) is 0 Å². The highest BCUT2D eigenvalue weighted by molar-refractivity contribution is 5.64. The second-order valence-electron chi connectivity index (χ2n) is 4.40. The van der Waals surface area contributed by atoms with E-state index < -0.39 is 0 Å². The number of aryl methyl sites for hydroxylation is 1. The molecule has 1 aromatic rings. The lowest BCUT2D eigenvalue weighted by Crippen LogP contribution is -2.21. The molecule has 4 heteroatoms. The smallest absolute Gasteiger partial charge is 0.149 e. The van der Waals surface area contributed by atoms with E-state index in [-0.39, 0.29) is 0 Å². The molecule has 0 radical (unpaired) electrons. The Morgan fingerprint density at radius 3 is 3.12 bits per heavy atom. The topological polar surface area (TPSA) is 60.2 Å². The summed E-state index contributed by atoms with van der Waals surface area (Å²) in [5.74, 6) is 1.35. The van der Waals surface area contributed by atoms with Crippen molar-refractivity contribution < 1.29 is 4.74 Å². The normalized spacial score (nSPS) is 24.6. The number of ether oxygens (including phenoxy) is 1. The number of anilines is 2. The van der Waals surface area contributed by atoms with Gasteiger partial charge in [0, 0.05) is 25.3 Å². The molecule has 16 heavy (non-hydrogen) atoms. The van der Waals surface area contributed by atoms with Crippen LogP contribution in [0.1, 0.15) is 18.9 Å². The summed E-state index contributed by atoms with van der Waals surface area (Å²) in [6, 6.07) is 1.92. The van der Waals surface area contributed by atoms with Gasteiger partial charge < -0.3 is 15.8 Å². The molecule has 4 nitrogen and oxygen atoms in total. The number of hydrogen-bond donors (Lipinski definition) is 2. The highest BCUT2D eigenvalue weighted by Gasteiger charge is 2.24. The first-order valence-corrected chi connectivity index (χ1v) is 5.75. The average molecular weight is 221 g/mol. The van der Waals surface area contributed by atoms with Gasteiger partial charge in [-0.2, -0.15) is 0 Å². The monoisotopic (exact) mass is 221 g/mol. The molecule has 1 saturated heterocycles. The zero-order valence-corrected chi connectivity index (χ0v) is 9.86. The summed E-state index contributed by atoms with van der Waals surface area (Å²) in [6.07, 6.45) is 3.22. The van der Waals surface area contributed by atoms with E-state index in [0.29, 0.717) is 12.0 Å². The third-order valence-electron chi connectivity index (χ3n) is 3.27. The lowest BCUT2D eigenvalue weighted by atomic mass is 10.0. The highest BCUT2D eigenvalue weighted by Crippen LogP contribution is 2.23. The standard InChI is InChI=1S/C12H19N3O/c1-8-3-5-14-12(11(8)13)15-7-10-4-6-16-9(10)2/h3,5,9-10H,4,6-7,13H2,1-2H3,(H,14,15). The van der Waals surface area contributed by atoms with Gasteiger partial charge in [-0.1, -0.05) is 0 Å². The molecule has 2 heterocycles. The second kappa shape index (κ2) is 4.70. The summed E-state index contributed by atoms with van der Waals surface area (Å²) in [6.45, 7) is 5.85. The van der Waals surface area contributed by atoms with Gasteiger partial charge in [-0.3, -0.25) is 0 Å². The van der Waals surface area contributed by atoms with Crippen LogP contribution in [0.5, 0.6) is 0 Å². The van der Waals surface area contributed by atoms with E-state index in [1.165, 1.54) is 0 Å². The largest absolute Gasteiger partial charge is 0.396 e. The fourth-order valence-electron chi connectivity index (χ4n) is 1.98. The van der Waals surface area contributed by atoms with E-state index in [2.05, 4.69) is 17.2 Å². The number of hydrogen-bond acceptors (Lipinski definition) is 4. The van der Waals surface area contributed by atoms with Gasteiger partial charge >= 0.3 is 0 Å². The summed E-state index contributed by atoms with van der Waals surface area (Å²) in [4.78, 5) is 4.25. The second-order valence-corrected chi connectivity index (χ2v) is 4.40. The van der Waals surface area contributed by atoms with Crippen molar-refractivity contribution in [2.75, 3.05) is 24.2 Å². The molecule has 0 bridgehead atoms. The van der Waals surface area contributed by atoms with E-state index in [0.717, 1.165) is 36.6 Å². The zero-order valence-electron chi connectivity index (χ0n) is 9.86. The average Bonchev–Trinajstić information content (AvgIpc) is 2.67. The molecule has 0 aliphatic carbocycles. The summed E-state index contributed by atoms with van der Waals surface area (Å²) in [5.41, 5.74) is 7.75. The number of nitrogens with two attached hydrogens (primary N) is 1. The molecule has 3 N–H and O–H groups in total. The number of pyridine rings is 1. The van der Waals surface area contributed by atoms with Crippen LogP contribution in [0.2, 0.25) is 0 Å². The predicted octanol–water partition coefficient (Wildman–Crippen LogP) is 1.81. The van der Waals surface area contributed by atoms with Crippen LogP contribution in [0.15, 0.2) is 12.3 Å². The predicted molar refractivity (Wildman–Crippen MR) is 65.4 cm³/mol. The van der Waals surface area contributed by atoms with Crippen molar-refractivity contribution in [1.82, 2.24) is 4.98 Å². The van der Waals surface area contributed by atoms with Crippen LogP contribution >= 0.6 is 0 Å². The molecule has 0 amide bonds. The minimum absolute atomic E-state index is 0.332. The van der Waals surface area contributed by atoms with Gasteiger partial charge in [0.05, 0.1) is 11.8 Å². The molecular weight excluding hydrogens is 202 g/mol. The first kappa shape index (κ1) is 11.2. The number of rotatable bonds is 3. The summed E-state index contributed by atoms with van der Waals surface area (Å²) in [5, 5.41) is 3.31. The third-order valence-corrected chi connectivity index (χ3v) is 3.27. The van der Waals surface area contributed by atoms with Gasteiger partial charge in [0.25, 0.3) is 0 Å². The fourth-order valence-corrected chi connectivity index (χ4v) is 1.98. The number of nitrogens with zero attached hydrogens (tertiary/aromatic N) is 1. The molecule has 88 valence electrons. The zero-order chi connectivity index (χ0) is 11.5. The Morgan fingerprint density at radius 2 is 2.44 bits per heavy atom. The maximum absolute atomic E-state index is 5.95. The lowest BCUT2D eigenvalue weighted by Gasteiger charge is -2.16. The number of aromatic nitrogens is 1. The van der Waals surface area contributed by atoms with Crippen LogP contribution in [0.25, 0.3) is 0 Å². The van der Waals surface area contributed by atoms with E-state index in [9.17, 15) is 0 Å². The maximum Gasteiger partial charge on any atom is 0.149 e. The molecule has 2 unspecified atom stereocenters. The van der Waals surface area contributed by atoms with Gasteiger partial charge in [0.1, 0.15) is 5.82 Å². The third kappa shape index (κ3) is 2.27. The van der Waals surface area contributed by atoms with Gasteiger partial charge in [-0.05, 0) is 31.9 Å². The van der Waals surface area contributed by atoms with Crippen LogP contribution in [-0.4, -0.2) is 24.2 Å². The molecule has 0 spiro atoms. The van der Waals surface area contributed by atoms with Crippen molar-refractivity contribution in [3.8, 4) is 0 Å². The quantitative estimate of drug-likeness (QED) is 0.817. The SMILES string of the molecule is Cc1ccnc(NCC2CCOC2C)c1N. The Labute approximate surface area is 96.2 Å². The van der Waals surface area contributed by atoms with E-state index >= 15 is 0 Å². The molecular formula is C12H19N3O. The van der Waals surface area contributed by atoms with Crippen molar-refractivity contribution in [2.45, 2.75) is 26.4 Å². The molecule has 1 aromatic heterocycles. The van der Waals surface area contributed by atoms with Crippen molar-refractivity contribution in [2.24, 2.45) is 5.92 Å². The van der Waals surface area contributed by atoms with Gasteiger partial charge in [-0.25, -0.2) is 4.98 Å². The molecule has 0 aromatic carbocycles. The molecule has 2 rings (SSSR count). The molecule has 1 aliphatic heterocycles. The first-order valence-electron chi connectivity index (χ1n) is 5.75. The summed E-state index contributed by atoms with van der Waals surface area (Å²) < 4.78 is 5.52. The van der Waals surface area contributed by atoms with Crippen molar-refractivity contribution in [1.29, 1.82) is 0 Å². The lowest BCUT2D eigenvalue weighted by molar-refractivity contribution is 0.108. The van der Waals surface area contributed by atoms with Crippen LogP contribution < -0.4 is 11.1 Å². The summed E-state index contributed by atoms with van der Waals surface area (Å²) >= 11 is 0.